The first-order chi connectivity index (χ1) is 39.0. The third-order valence-electron chi connectivity index (χ3n) is 13.8. The van der Waals surface area contributed by atoms with Crippen LogP contribution in [0.1, 0.15) is 173 Å². The van der Waals surface area contributed by atoms with Crippen molar-refractivity contribution in [1.29, 1.82) is 0 Å². The van der Waals surface area contributed by atoms with Crippen LogP contribution < -0.4 is 99.9 Å². The van der Waals surface area contributed by atoms with Crippen LogP contribution in [0, 0.1) is 0 Å². The molecule has 0 heterocycles. The van der Waals surface area contributed by atoms with Gasteiger partial charge in [0.15, 0.2) is 0 Å². The maximum atomic E-state index is 14.3. The van der Waals surface area contributed by atoms with E-state index in [2.05, 4.69) is 42.5 Å². The van der Waals surface area contributed by atoms with Crippen molar-refractivity contribution in [2.24, 2.45) is 57.3 Å². The third kappa shape index (κ3) is 37.0. The van der Waals surface area contributed by atoms with E-state index in [1.165, 1.54) is 0 Å². The summed E-state index contributed by atoms with van der Waals surface area (Å²) in [6, 6.07) is -8.50. The number of hydrogen-bond acceptors (Lipinski definition) is 19. The van der Waals surface area contributed by atoms with Gasteiger partial charge >= 0.3 is 0 Å². The van der Waals surface area contributed by atoms with Gasteiger partial charge in [-0.05, 0) is 213 Å². The molecule has 2 unspecified atom stereocenters. The highest BCUT2D eigenvalue weighted by Gasteiger charge is 2.32. The van der Waals surface area contributed by atoms with Crippen molar-refractivity contribution >= 4 is 53.5 Å². The Kier molecular flexibility index (Phi) is 46.6. The Morgan fingerprint density at radius 3 is 0.852 bits per heavy atom. The van der Waals surface area contributed by atoms with Gasteiger partial charge < -0.3 is 105 Å². The molecule has 0 saturated carbocycles. The maximum Gasteiger partial charge on any atom is 0.243 e. The zero-order chi connectivity index (χ0) is 60.6. The van der Waals surface area contributed by atoms with Gasteiger partial charge in [-0.1, -0.05) is 6.42 Å². The van der Waals surface area contributed by atoms with E-state index in [1.54, 1.807) is 0 Å². The Hall–Kier alpha value is -4.97. The van der Waals surface area contributed by atoms with Crippen LogP contribution in [0.3, 0.4) is 0 Å². The maximum absolute atomic E-state index is 14.3. The second-order valence-electron chi connectivity index (χ2n) is 21.0. The highest BCUT2D eigenvalue weighted by molar-refractivity contribution is 5.94. The molecular formula is C54H110N18O9. The molecule has 8 amide bonds. The van der Waals surface area contributed by atoms with Gasteiger partial charge in [0, 0.05) is 24.9 Å². The van der Waals surface area contributed by atoms with E-state index in [1.807, 2.05) is 0 Å². The topological polar surface area (TPSA) is 510 Å². The number of carbonyl (C=O) groups excluding carboxylic acids is 9. The van der Waals surface area contributed by atoms with Crippen molar-refractivity contribution < 1.29 is 43.2 Å². The largest absolute Gasteiger partial charge is 0.351 e. The van der Waals surface area contributed by atoms with E-state index >= 15 is 0 Å². The molecule has 0 aliphatic heterocycles. The molecule has 0 rings (SSSR count). The second kappa shape index (κ2) is 49.6. The van der Waals surface area contributed by atoms with Crippen molar-refractivity contribution in [1.82, 2.24) is 42.5 Å². The lowest BCUT2D eigenvalue weighted by Gasteiger charge is -2.27. The van der Waals surface area contributed by atoms with Crippen LogP contribution >= 0.6 is 0 Å². The molecule has 0 aromatic carbocycles. The van der Waals surface area contributed by atoms with Crippen molar-refractivity contribution in [2.75, 3.05) is 58.9 Å². The third-order valence-corrected chi connectivity index (χ3v) is 13.8. The summed E-state index contributed by atoms with van der Waals surface area (Å²) in [7, 11) is 0. The van der Waals surface area contributed by atoms with Crippen molar-refractivity contribution in [3.05, 3.63) is 0 Å². The molecule has 0 aliphatic rings. The fourth-order valence-electron chi connectivity index (χ4n) is 8.97. The van der Waals surface area contributed by atoms with Crippen molar-refractivity contribution in [3.8, 4) is 0 Å². The number of unbranched alkanes of at least 4 members (excludes halogenated alkanes) is 7. The molecule has 27 nitrogen and oxygen atoms in total. The summed E-state index contributed by atoms with van der Waals surface area (Å²) in [4.78, 5) is 123. The molecule has 0 radical (unpaired) electrons. The minimum Gasteiger partial charge on any atom is -0.351 e. The summed E-state index contributed by atoms with van der Waals surface area (Å²) in [5.41, 5.74) is 57.9. The summed E-state index contributed by atoms with van der Waals surface area (Å²) in [5.74, 6) is -4.55. The molecule has 0 aliphatic carbocycles. The fourth-order valence-corrected chi connectivity index (χ4v) is 8.97. The van der Waals surface area contributed by atoms with Crippen molar-refractivity contribution in [3.63, 3.8) is 0 Å². The van der Waals surface area contributed by atoms with Gasteiger partial charge in [-0.25, -0.2) is 0 Å². The monoisotopic (exact) mass is 1150 g/mol. The minimum absolute atomic E-state index is 0.160. The zero-order valence-electron chi connectivity index (χ0n) is 48.7. The highest BCUT2D eigenvalue weighted by Crippen LogP contribution is 2.13. The molecule has 9 atom stereocenters. The smallest absolute Gasteiger partial charge is 0.243 e. The quantitative estimate of drug-likeness (QED) is 0.0208. The lowest BCUT2D eigenvalue weighted by atomic mass is 10.0. The molecule has 27 heteroatoms. The van der Waals surface area contributed by atoms with E-state index in [0.717, 1.165) is 0 Å². The second-order valence-corrected chi connectivity index (χ2v) is 21.0. The van der Waals surface area contributed by atoms with Crippen LogP contribution in [0.15, 0.2) is 0 Å². The van der Waals surface area contributed by atoms with E-state index in [0.29, 0.717) is 174 Å². The predicted molar refractivity (Wildman–Crippen MR) is 316 cm³/mol. The minimum atomic E-state index is -1.13. The van der Waals surface area contributed by atoms with Gasteiger partial charge in [0.1, 0.15) is 36.5 Å². The molecule has 0 spiro atoms. The van der Waals surface area contributed by atoms with Gasteiger partial charge in [-0.15, -0.1) is 0 Å². The summed E-state index contributed by atoms with van der Waals surface area (Å²) in [6.45, 7) is 3.13. The molecule has 0 bridgehead atoms. The number of aldehydes is 1. The molecule has 81 heavy (non-hydrogen) atoms. The Labute approximate surface area is 481 Å². The van der Waals surface area contributed by atoms with E-state index in [4.69, 9.17) is 57.3 Å². The number of carbonyl (C=O) groups is 9. The molecule has 0 aromatic rings. The highest BCUT2D eigenvalue weighted by atomic mass is 16.2. The molecule has 0 aromatic heterocycles. The normalized spacial score (nSPS) is 14.6. The van der Waals surface area contributed by atoms with Gasteiger partial charge in [-0.2, -0.15) is 0 Å². The van der Waals surface area contributed by atoms with Crippen molar-refractivity contribution in [2.45, 2.75) is 228 Å². The Bertz CT molecular complexity index is 1760. The molecule has 0 saturated heterocycles. The first-order valence-corrected chi connectivity index (χ1v) is 29.9. The van der Waals surface area contributed by atoms with Crippen LogP contribution in [-0.2, 0) is 43.2 Å². The first-order valence-electron chi connectivity index (χ1n) is 29.9. The number of nitrogens with two attached hydrogens (primary N) is 10. The van der Waals surface area contributed by atoms with Crippen LogP contribution in [0.4, 0.5) is 0 Å². The predicted octanol–water partition coefficient (Wildman–Crippen LogP) is -3.45. The average molecular weight is 1160 g/mol. The Morgan fingerprint density at radius 1 is 0.284 bits per heavy atom. The van der Waals surface area contributed by atoms with Crippen LogP contribution in [0.5, 0.6) is 0 Å². The Morgan fingerprint density at radius 2 is 0.543 bits per heavy atom. The number of nitrogens with one attached hydrogen (secondary N) is 8. The Balaban J connectivity index is 6.54. The average Bonchev–Trinajstić information content (AvgIpc) is 3.44. The van der Waals surface area contributed by atoms with E-state index in [9.17, 15) is 43.2 Å². The van der Waals surface area contributed by atoms with Gasteiger partial charge in [0.05, 0.1) is 12.1 Å². The van der Waals surface area contributed by atoms with E-state index in [-0.39, 0.29) is 64.5 Å². The summed E-state index contributed by atoms with van der Waals surface area (Å²) in [6.07, 6.45) is 11.2. The lowest BCUT2D eigenvalue weighted by Crippen LogP contribution is -2.56. The van der Waals surface area contributed by atoms with Gasteiger partial charge in [0.2, 0.25) is 47.3 Å². The molecule has 470 valence electrons. The lowest BCUT2D eigenvalue weighted by molar-refractivity contribution is -0.133. The standard InChI is InChI=1S/C54H110N18O9/c55-26-8-1-17-40(37-73)67-52(79)46(25-7-14-32-61)72-54(81)43(22-4-11-29-58)69-48(75)36-39(19-16-34-63)66-51(78)45(24-6-13-31-60)71-53(80)42(21-3-10-28-57)68-47(74)35-38(18-15-33-62)65-50(77)44(23-5-12-30-59)70-49(76)41(64)20-2-9-27-56/h37-46H,1-36,55-64H2,(H,65,77)(H,66,78)(H,67,79)(H,68,74)(H,69,75)(H,70,76)(H,71,80)(H,72,81)/t38?,39?,40-,41-,42-,43-,44-,45-,46-/m0/s1. The summed E-state index contributed by atoms with van der Waals surface area (Å²) < 4.78 is 0. The van der Waals surface area contributed by atoms with E-state index < -0.39 is 102 Å². The molecular weight excluding hydrogens is 1040 g/mol. The van der Waals surface area contributed by atoms with Crippen LogP contribution in [0.25, 0.3) is 0 Å². The van der Waals surface area contributed by atoms with Gasteiger partial charge in [-0.3, -0.25) is 38.4 Å². The number of amides is 8. The summed E-state index contributed by atoms with van der Waals surface area (Å²) in [5, 5.41) is 22.6. The molecule has 28 N–H and O–H groups in total. The zero-order valence-corrected chi connectivity index (χ0v) is 48.7. The SMILES string of the molecule is NCCCC[C@@H](C=O)NC(=O)[C@H](CCCCN)NC(=O)[C@H](CCCCN)NC(=O)CC(CCCN)NC(=O)[C@H](CCCCN)NC(=O)[C@H](CCCCN)NC(=O)CC(CCCN)NC(=O)[C@H](CCCCN)NC(=O)[C@@H](N)CCCCN. The molecule has 0 fully saturated rings. The van der Waals surface area contributed by atoms with Crippen LogP contribution in [-0.4, -0.2) is 167 Å². The van der Waals surface area contributed by atoms with Gasteiger partial charge in [0.25, 0.3) is 0 Å². The summed E-state index contributed by atoms with van der Waals surface area (Å²) >= 11 is 0. The van der Waals surface area contributed by atoms with Crippen LogP contribution in [0.2, 0.25) is 0 Å². The number of hydrogen-bond donors (Lipinski definition) is 18. The fraction of sp³-hybridized carbons (Fsp3) is 0.833. The first kappa shape index (κ1) is 76.0. The number of rotatable bonds is 53.